The topological polar surface area (TPSA) is 15.9 Å². The minimum Gasteiger partial charge on any atom is -0.231 e. The molecule has 0 saturated heterocycles. The number of nitrogens with one attached hydrogen (secondary N) is 1. The van der Waals surface area contributed by atoms with Gasteiger partial charge < -0.3 is 0 Å². The molecule has 2 aromatic carbocycles. The number of halogens is 1. The molecular formula is C17H16ClN2S+. The second-order valence-electron chi connectivity index (χ2n) is 4.67. The van der Waals surface area contributed by atoms with Gasteiger partial charge in [0.05, 0.1) is 6.54 Å². The molecule has 0 atom stereocenters. The maximum Gasteiger partial charge on any atom is 0.339 e. The van der Waals surface area contributed by atoms with Gasteiger partial charge in [0, 0.05) is 16.0 Å². The summed E-state index contributed by atoms with van der Waals surface area (Å²) >= 11 is 7.68. The Labute approximate surface area is 133 Å². The standard InChI is InChI=1S/C17H15ClN2S/c1-2-20-16(13-8-10-14(18)11-9-13)12-21-17(20)19-15-6-4-3-5-7-15/h3-12H,2H2,1H3/p+1. The first-order chi connectivity index (χ1) is 10.3. The van der Waals surface area contributed by atoms with Crippen LogP contribution in [0.2, 0.25) is 5.02 Å². The van der Waals surface area contributed by atoms with Gasteiger partial charge in [-0.1, -0.05) is 41.1 Å². The van der Waals surface area contributed by atoms with Crippen LogP contribution >= 0.6 is 22.9 Å². The molecule has 0 radical (unpaired) electrons. The third kappa shape index (κ3) is 3.09. The van der Waals surface area contributed by atoms with Crippen molar-refractivity contribution in [1.29, 1.82) is 0 Å². The normalized spacial score (nSPS) is 10.6. The predicted octanol–water partition coefficient (Wildman–Crippen LogP) is 5.12. The molecule has 1 aromatic heterocycles. The van der Waals surface area contributed by atoms with E-state index in [4.69, 9.17) is 11.6 Å². The number of hydrogen-bond acceptors (Lipinski definition) is 2. The number of rotatable bonds is 4. The van der Waals surface area contributed by atoms with Crippen LogP contribution in [0.15, 0.2) is 60.0 Å². The van der Waals surface area contributed by atoms with E-state index in [0.29, 0.717) is 0 Å². The average Bonchev–Trinajstić information content (AvgIpc) is 2.92. The molecule has 0 aliphatic carbocycles. The van der Waals surface area contributed by atoms with Crippen LogP contribution in [0.1, 0.15) is 6.92 Å². The molecule has 106 valence electrons. The first-order valence-electron chi connectivity index (χ1n) is 6.87. The molecule has 0 saturated carbocycles. The van der Waals surface area contributed by atoms with Crippen molar-refractivity contribution in [3.05, 3.63) is 65.0 Å². The van der Waals surface area contributed by atoms with Gasteiger partial charge in [-0.25, -0.2) is 9.88 Å². The van der Waals surface area contributed by atoms with Gasteiger partial charge in [0.1, 0.15) is 11.4 Å². The lowest BCUT2D eigenvalue weighted by Crippen LogP contribution is -2.34. The zero-order chi connectivity index (χ0) is 14.7. The van der Waals surface area contributed by atoms with Crippen molar-refractivity contribution >= 4 is 33.8 Å². The van der Waals surface area contributed by atoms with Gasteiger partial charge in [-0.15, -0.1) is 0 Å². The summed E-state index contributed by atoms with van der Waals surface area (Å²) < 4.78 is 2.28. The summed E-state index contributed by atoms with van der Waals surface area (Å²) in [5.41, 5.74) is 3.49. The highest BCUT2D eigenvalue weighted by Gasteiger charge is 2.18. The quantitative estimate of drug-likeness (QED) is 0.661. The Balaban J connectivity index is 1.95. The second kappa shape index (κ2) is 6.29. The second-order valence-corrected chi connectivity index (χ2v) is 5.96. The summed E-state index contributed by atoms with van der Waals surface area (Å²) in [6, 6.07) is 18.2. The lowest BCUT2D eigenvalue weighted by molar-refractivity contribution is -0.664. The van der Waals surface area contributed by atoms with Crippen LogP contribution in [-0.4, -0.2) is 0 Å². The number of aromatic nitrogens is 1. The van der Waals surface area contributed by atoms with Crippen molar-refractivity contribution in [3.63, 3.8) is 0 Å². The van der Waals surface area contributed by atoms with Crippen molar-refractivity contribution in [2.75, 3.05) is 5.32 Å². The third-order valence-corrected chi connectivity index (χ3v) is 4.44. The maximum absolute atomic E-state index is 5.97. The maximum atomic E-state index is 5.97. The zero-order valence-electron chi connectivity index (χ0n) is 11.7. The molecule has 3 aromatic rings. The van der Waals surface area contributed by atoms with Crippen molar-refractivity contribution in [1.82, 2.24) is 0 Å². The molecule has 21 heavy (non-hydrogen) atoms. The summed E-state index contributed by atoms with van der Waals surface area (Å²) in [6.07, 6.45) is 0. The van der Waals surface area contributed by atoms with Crippen LogP contribution in [0.3, 0.4) is 0 Å². The molecule has 0 aliphatic heterocycles. The molecule has 1 heterocycles. The summed E-state index contributed by atoms with van der Waals surface area (Å²) in [6.45, 7) is 3.07. The SMILES string of the molecule is CC[n+]1c(-c2ccc(Cl)cc2)csc1Nc1ccccc1. The highest BCUT2D eigenvalue weighted by atomic mass is 35.5. The first-order valence-corrected chi connectivity index (χ1v) is 8.13. The number of hydrogen-bond donors (Lipinski definition) is 1. The fraction of sp³-hybridized carbons (Fsp3) is 0.118. The van der Waals surface area contributed by atoms with Gasteiger partial charge in [0.25, 0.3) is 0 Å². The predicted molar refractivity (Wildman–Crippen MR) is 90.4 cm³/mol. The van der Waals surface area contributed by atoms with E-state index in [0.717, 1.165) is 22.4 Å². The van der Waals surface area contributed by atoms with E-state index in [9.17, 15) is 0 Å². The number of benzene rings is 2. The fourth-order valence-corrected chi connectivity index (χ4v) is 3.39. The molecule has 0 unspecified atom stereocenters. The molecule has 0 aliphatic rings. The third-order valence-electron chi connectivity index (χ3n) is 3.30. The Kier molecular flexibility index (Phi) is 4.23. The van der Waals surface area contributed by atoms with Crippen LogP contribution in [0.4, 0.5) is 10.8 Å². The lowest BCUT2D eigenvalue weighted by Gasteiger charge is -2.04. The van der Waals surface area contributed by atoms with E-state index in [1.807, 2.05) is 30.3 Å². The Morgan fingerprint density at radius 1 is 1.05 bits per heavy atom. The van der Waals surface area contributed by atoms with Gasteiger partial charge in [0.15, 0.2) is 0 Å². The van der Waals surface area contributed by atoms with Gasteiger partial charge >= 0.3 is 5.13 Å². The van der Waals surface area contributed by atoms with Gasteiger partial charge in [-0.05, 0) is 43.3 Å². The van der Waals surface area contributed by atoms with Crippen LogP contribution in [0.5, 0.6) is 0 Å². The largest absolute Gasteiger partial charge is 0.339 e. The fourth-order valence-electron chi connectivity index (χ4n) is 2.25. The molecule has 0 amide bonds. The number of thiazole rings is 1. The lowest BCUT2D eigenvalue weighted by atomic mass is 10.2. The van der Waals surface area contributed by atoms with E-state index in [1.54, 1.807) is 11.3 Å². The summed E-state index contributed by atoms with van der Waals surface area (Å²) in [5, 5.41) is 7.56. The van der Waals surface area contributed by atoms with E-state index < -0.39 is 0 Å². The highest BCUT2D eigenvalue weighted by molar-refractivity contribution is 7.13. The van der Waals surface area contributed by atoms with Crippen molar-refractivity contribution < 1.29 is 4.57 Å². The van der Waals surface area contributed by atoms with E-state index >= 15 is 0 Å². The minimum atomic E-state index is 0.764. The van der Waals surface area contributed by atoms with E-state index in [-0.39, 0.29) is 0 Å². The van der Waals surface area contributed by atoms with E-state index in [1.165, 1.54) is 11.3 Å². The smallest absolute Gasteiger partial charge is 0.231 e. The number of anilines is 2. The van der Waals surface area contributed by atoms with Gasteiger partial charge in [-0.2, -0.15) is 0 Å². The van der Waals surface area contributed by atoms with Gasteiger partial charge in [-0.3, -0.25) is 0 Å². The van der Waals surface area contributed by atoms with Crippen molar-refractivity contribution in [2.45, 2.75) is 13.5 Å². The van der Waals surface area contributed by atoms with Crippen LogP contribution in [0, 0.1) is 0 Å². The van der Waals surface area contributed by atoms with Gasteiger partial charge in [0.2, 0.25) is 0 Å². The Hall–Kier alpha value is -1.84. The molecular weight excluding hydrogens is 300 g/mol. The van der Waals surface area contributed by atoms with Crippen LogP contribution in [0.25, 0.3) is 11.3 Å². The van der Waals surface area contributed by atoms with Crippen molar-refractivity contribution in [3.8, 4) is 11.3 Å². The Morgan fingerprint density at radius 2 is 1.76 bits per heavy atom. The van der Waals surface area contributed by atoms with Crippen LogP contribution < -0.4 is 9.88 Å². The summed E-state index contributed by atoms with van der Waals surface area (Å²) in [4.78, 5) is 0. The average molecular weight is 316 g/mol. The Morgan fingerprint density at radius 3 is 2.43 bits per heavy atom. The molecule has 4 heteroatoms. The summed E-state index contributed by atoms with van der Waals surface area (Å²) in [7, 11) is 0. The van der Waals surface area contributed by atoms with Crippen LogP contribution in [-0.2, 0) is 6.54 Å². The number of nitrogens with zero attached hydrogens (tertiary/aromatic N) is 1. The highest BCUT2D eigenvalue weighted by Crippen LogP contribution is 2.26. The minimum absolute atomic E-state index is 0.764. The monoisotopic (exact) mass is 315 g/mol. The molecule has 3 rings (SSSR count). The van der Waals surface area contributed by atoms with Crippen molar-refractivity contribution in [2.24, 2.45) is 0 Å². The molecule has 0 spiro atoms. The van der Waals surface area contributed by atoms with E-state index in [2.05, 4.69) is 46.5 Å². The zero-order valence-corrected chi connectivity index (χ0v) is 13.3. The number of para-hydroxylation sites is 1. The first kappa shape index (κ1) is 14.1. The molecule has 1 N–H and O–H groups in total. The molecule has 2 nitrogen and oxygen atoms in total. The Bertz CT molecular complexity index is 720. The molecule has 0 bridgehead atoms. The molecule has 0 fully saturated rings. The summed E-state index contributed by atoms with van der Waals surface area (Å²) in [5.74, 6) is 0.